The number of nitrogens with zero attached hydrogens (tertiary/aromatic N) is 3. The van der Waals surface area contributed by atoms with Gasteiger partial charge >= 0.3 is 0 Å². The van der Waals surface area contributed by atoms with E-state index >= 15 is 0 Å². The van der Waals surface area contributed by atoms with E-state index in [1.807, 2.05) is 25.1 Å². The Hall–Kier alpha value is -3.45. The zero-order valence-electron chi connectivity index (χ0n) is 18.5. The Balaban J connectivity index is 1.53. The van der Waals surface area contributed by atoms with Crippen molar-refractivity contribution in [2.24, 2.45) is 0 Å². The summed E-state index contributed by atoms with van der Waals surface area (Å²) < 4.78 is 6.66. The SMILES string of the molecule is CCc1nc2c(c(=O)n1CC(=O)Nc1ccc(OC)cc1)CN(Cc1ccccc1)CC2. The number of aromatic nitrogens is 2. The molecule has 7 nitrogen and oxygen atoms in total. The molecule has 7 heteroatoms. The van der Waals surface area contributed by atoms with Crippen LogP contribution in [0.15, 0.2) is 59.4 Å². The van der Waals surface area contributed by atoms with Crippen LogP contribution in [0.25, 0.3) is 0 Å². The van der Waals surface area contributed by atoms with E-state index in [1.54, 1.807) is 31.4 Å². The molecule has 2 aromatic carbocycles. The van der Waals surface area contributed by atoms with E-state index in [-0.39, 0.29) is 18.0 Å². The maximum Gasteiger partial charge on any atom is 0.258 e. The van der Waals surface area contributed by atoms with Gasteiger partial charge in [0.2, 0.25) is 5.91 Å². The Kier molecular flexibility index (Phi) is 6.66. The van der Waals surface area contributed by atoms with Crippen LogP contribution in [-0.4, -0.2) is 34.0 Å². The molecule has 1 aliphatic heterocycles. The summed E-state index contributed by atoms with van der Waals surface area (Å²) in [6, 6.07) is 17.3. The van der Waals surface area contributed by atoms with Crippen molar-refractivity contribution in [3.8, 4) is 5.75 Å². The van der Waals surface area contributed by atoms with Crippen molar-refractivity contribution in [1.29, 1.82) is 0 Å². The summed E-state index contributed by atoms with van der Waals surface area (Å²) >= 11 is 0. The highest BCUT2D eigenvalue weighted by molar-refractivity contribution is 5.90. The molecule has 0 atom stereocenters. The molecule has 1 amide bonds. The molecule has 1 aromatic heterocycles. The van der Waals surface area contributed by atoms with Gasteiger partial charge in [0.1, 0.15) is 18.1 Å². The number of carbonyl (C=O) groups excluding carboxylic acids is 1. The van der Waals surface area contributed by atoms with Gasteiger partial charge < -0.3 is 10.1 Å². The number of methoxy groups -OCH3 is 1. The van der Waals surface area contributed by atoms with Gasteiger partial charge in [-0.25, -0.2) is 4.98 Å². The number of ether oxygens (including phenoxy) is 1. The standard InChI is InChI=1S/C25H28N4O3/c1-3-23-27-22-13-14-28(15-18-7-5-4-6-8-18)16-21(22)25(31)29(23)17-24(30)26-19-9-11-20(32-2)12-10-19/h4-12H,3,13-17H2,1-2H3,(H,26,30). The van der Waals surface area contributed by atoms with Crippen LogP contribution in [0.2, 0.25) is 0 Å². The number of amides is 1. The first-order chi connectivity index (χ1) is 15.6. The minimum absolute atomic E-state index is 0.0625. The average molecular weight is 433 g/mol. The smallest absolute Gasteiger partial charge is 0.258 e. The quantitative estimate of drug-likeness (QED) is 0.621. The van der Waals surface area contributed by atoms with Crippen molar-refractivity contribution in [2.45, 2.75) is 39.4 Å². The first-order valence-corrected chi connectivity index (χ1v) is 10.9. The number of benzene rings is 2. The minimum Gasteiger partial charge on any atom is -0.497 e. The Morgan fingerprint density at radius 2 is 1.88 bits per heavy atom. The van der Waals surface area contributed by atoms with Crippen molar-refractivity contribution in [3.05, 3.63) is 87.6 Å². The van der Waals surface area contributed by atoms with E-state index in [9.17, 15) is 9.59 Å². The predicted octanol–water partition coefficient (Wildman–Crippen LogP) is 3.01. The molecule has 1 aliphatic rings. The number of anilines is 1. The zero-order chi connectivity index (χ0) is 22.5. The highest BCUT2D eigenvalue weighted by atomic mass is 16.5. The molecule has 0 unspecified atom stereocenters. The van der Waals surface area contributed by atoms with E-state index < -0.39 is 0 Å². The molecule has 0 saturated heterocycles. The molecular weight excluding hydrogens is 404 g/mol. The lowest BCUT2D eigenvalue weighted by Gasteiger charge is -2.28. The van der Waals surface area contributed by atoms with Crippen LogP contribution in [-0.2, 0) is 37.3 Å². The molecule has 0 bridgehead atoms. The molecule has 1 N–H and O–H groups in total. The van der Waals surface area contributed by atoms with Crippen molar-refractivity contribution in [1.82, 2.24) is 14.5 Å². The summed E-state index contributed by atoms with van der Waals surface area (Å²) in [4.78, 5) is 33.1. The molecule has 3 aromatic rings. The Morgan fingerprint density at radius 3 is 2.56 bits per heavy atom. The van der Waals surface area contributed by atoms with Crippen molar-refractivity contribution in [2.75, 3.05) is 19.0 Å². The third kappa shape index (κ3) is 4.89. The number of hydrogen-bond acceptors (Lipinski definition) is 5. The highest BCUT2D eigenvalue weighted by Crippen LogP contribution is 2.18. The third-order valence-electron chi connectivity index (χ3n) is 5.71. The van der Waals surface area contributed by atoms with Crippen molar-refractivity contribution >= 4 is 11.6 Å². The minimum atomic E-state index is -0.259. The number of nitrogens with one attached hydrogen (secondary N) is 1. The van der Waals surface area contributed by atoms with Gasteiger partial charge in [-0.3, -0.25) is 19.1 Å². The van der Waals surface area contributed by atoms with Gasteiger partial charge in [-0.05, 0) is 29.8 Å². The fraction of sp³-hybridized carbons (Fsp3) is 0.320. The van der Waals surface area contributed by atoms with E-state index in [4.69, 9.17) is 9.72 Å². The second kappa shape index (κ2) is 9.78. The highest BCUT2D eigenvalue weighted by Gasteiger charge is 2.24. The Bertz CT molecular complexity index is 1140. The molecule has 0 spiro atoms. The fourth-order valence-corrected chi connectivity index (χ4v) is 4.05. The molecular formula is C25H28N4O3. The molecule has 0 aliphatic carbocycles. The lowest BCUT2D eigenvalue weighted by Crippen LogP contribution is -2.40. The van der Waals surface area contributed by atoms with Gasteiger partial charge in [-0.15, -0.1) is 0 Å². The number of carbonyl (C=O) groups is 1. The van der Waals surface area contributed by atoms with Gasteiger partial charge in [0.15, 0.2) is 0 Å². The van der Waals surface area contributed by atoms with Crippen LogP contribution in [0, 0.1) is 0 Å². The second-order valence-electron chi connectivity index (χ2n) is 7.92. The summed E-state index contributed by atoms with van der Waals surface area (Å²) in [5, 5.41) is 2.85. The van der Waals surface area contributed by atoms with Crippen LogP contribution in [0.5, 0.6) is 5.75 Å². The summed E-state index contributed by atoms with van der Waals surface area (Å²) in [6.45, 7) is 4.08. The molecule has 32 heavy (non-hydrogen) atoms. The molecule has 0 saturated carbocycles. The monoisotopic (exact) mass is 432 g/mol. The summed E-state index contributed by atoms with van der Waals surface area (Å²) in [6.07, 6.45) is 1.33. The van der Waals surface area contributed by atoms with E-state index in [0.717, 1.165) is 25.2 Å². The van der Waals surface area contributed by atoms with Crippen LogP contribution in [0.3, 0.4) is 0 Å². The zero-order valence-corrected chi connectivity index (χ0v) is 18.5. The second-order valence-corrected chi connectivity index (χ2v) is 7.92. The van der Waals surface area contributed by atoms with Crippen LogP contribution >= 0.6 is 0 Å². The first kappa shape index (κ1) is 21.8. The summed E-state index contributed by atoms with van der Waals surface area (Å²) in [7, 11) is 1.59. The first-order valence-electron chi connectivity index (χ1n) is 10.9. The summed E-state index contributed by atoms with van der Waals surface area (Å²) in [5.41, 5.74) is 3.31. The largest absolute Gasteiger partial charge is 0.497 e. The molecule has 0 radical (unpaired) electrons. The Labute approximate surface area is 187 Å². The van der Waals surface area contributed by atoms with Gasteiger partial charge in [0, 0.05) is 38.2 Å². The van der Waals surface area contributed by atoms with E-state index in [0.29, 0.717) is 35.8 Å². The van der Waals surface area contributed by atoms with E-state index in [2.05, 4.69) is 22.3 Å². The number of hydrogen-bond donors (Lipinski definition) is 1. The topological polar surface area (TPSA) is 76.5 Å². The van der Waals surface area contributed by atoms with Crippen LogP contribution in [0.4, 0.5) is 5.69 Å². The molecule has 2 heterocycles. The summed E-state index contributed by atoms with van der Waals surface area (Å²) in [5.74, 6) is 1.10. The maximum atomic E-state index is 13.4. The average Bonchev–Trinajstić information content (AvgIpc) is 2.82. The fourth-order valence-electron chi connectivity index (χ4n) is 4.05. The maximum absolute atomic E-state index is 13.4. The van der Waals surface area contributed by atoms with Crippen molar-refractivity contribution < 1.29 is 9.53 Å². The van der Waals surface area contributed by atoms with Gasteiger partial charge in [-0.2, -0.15) is 0 Å². The number of fused-ring (bicyclic) bond motifs is 1. The van der Waals surface area contributed by atoms with Gasteiger partial charge in [0.05, 0.1) is 18.4 Å². The lowest BCUT2D eigenvalue weighted by molar-refractivity contribution is -0.116. The van der Waals surface area contributed by atoms with Crippen molar-refractivity contribution in [3.63, 3.8) is 0 Å². The van der Waals surface area contributed by atoms with Gasteiger partial charge in [-0.1, -0.05) is 37.3 Å². The number of aryl methyl sites for hydroxylation is 1. The van der Waals surface area contributed by atoms with E-state index in [1.165, 1.54) is 10.1 Å². The Morgan fingerprint density at radius 1 is 1.12 bits per heavy atom. The number of rotatable bonds is 7. The molecule has 4 rings (SSSR count). The van der Waals surface area contributed by atoms with Crippen LogP contribution in [0.1, 0.15) is 29.6 Å². The molecule has 166 valence electrons. The van der Waals surface area contributed by atoms with Crippen LogP contribution < -0.4 is 15.6 Å². The predicted molar refractivity (Wildman–Crippen MR) is 124 cm³/mol. The normalized spacial score (nSPS) is 13.4. The third-order valence-corrected chi connectivity index (χ3v) is 5.71. The van der Waals surface area contributed by atoms with Gasteiger partial charge in [0.25, 0.3) is 5.56 Å². The molecule has 0 fully saturated rings. The lowest BCUT2D eigenvalue weighted by atomic mass is 10.1.